The highest BCUT2D eigenvalue weighted by molar-refractivity contribution is 7.12. The highest BCUT2D eigenvalue weighted by Gasteiger charge is 2.15. The summed E-state index contributed by atoms with van der Waals surface area (Å²) in [5.74, 6) is -1.59. The first-order valence-corrected chi connectivity index (χ1v) is 8.02. The van der Waals surface area contributed by atoms with E-state index in [1.54, 1.807) is 17.5 Å². The first kappa shape index (κ1) is 16.9. The Balaban J connectivity index is 1.73. The van der Waals surface area contributed by atoms with Crippen LogP contribution in [0, 0.1) is 0 Å². The van der Waals surface area contributed by atoms with Gasteiger partial charge < -0.3 is 4.74 Å². The number of carbonyl (C=O) groups is 3. The molecule has 1 aromatic heterocycles. The number of benzene rings is 1. The van der Waals surface area contributed by atoms with Crippen LogP contribution in [0.4, 0.5) is 0 Å². The zero-order chi connectivity index (χ0) is 16.7. The van der Waals surface area contributed by atoms with E-state index in [1.807, 2.05) is 37.3 Å². The Kier molecular flexibility index (Phi) is 6.05. The largest absolute Gasteiger partial charge is 0.456 e. The van der Waals surface area contributed by atoms with E-state index in [0.29, 0.717) is 4.88 Å². The fraction of sp³-hybridized carbons (Fsp3) is 0.235. The van der Waals surface area contributed by atoms with Crippen LogP contribution >= 0.6 is 11.3 Å². The molecule has 0 aliphatic carbocycles. The molecule has 0 bridgehead atoms. The van der Waals surface area contributed by atoms with Crippen LogP contribution in [0.1, 0.15) is 34.5 Å². The van der Waals surface area contributed by atoms with Gasteiger partial charge in [0.1, 0.15) is 0 Å². The van der Waals surface area contributed by atoms with Gasteiger partial charge in [0.25, 0.3) is 11.8 Å². The fourth-order valence-electron chi connectivity index (χ4n) is 1.99. The Morgan fingerprint density at radius 1 is 1.13 bits per heavy atom. The first-order chi connectivity index (χ1) is 11.1. The van der Waals surface area contributed by atoms with Crippen molar-refractivity contribution in [3.05, 3.63) is 58.3 Å². The van der Waals surface area contributed by atoms with Crippen LogP contribution in [-0.2, 0) is 14.3 Å². The van der Waals surface area contributed by atoms with E-state index in [-0.39, 0.29) is 12.3 Å². The van der Waals surface area contributed by atoms with E-state index >= 15 is 0 Å². The summed E-state index contributed by atoms with van der Waals surface area (Å²) in [6.07, 6.45) is 0.177. The number of thiophene rings is 1. The SMILES string of the molecule is C[C@H](CC(=O)OCC(=O)NC(=O)c1cccs1)c1ccccc1. The molecule has 2 rings (SSSR count). The number of rotatable bonds is 6. The van der Waals surface area contributed by atoms with Crippen LogP contribution in [0.3, 0.4) is 0 Å². The van der Waals surface area contributed by atoms with E-state index in [4.69, 9.17) is 4.74 Å². The maximum atomic E-state index is 11.8. The minimum absolute atomic E-state index is 0.000452. The predicted octanol–water partition coefficient (Wildman–Crippen LogP) is 2.74. The van der Waals surface area contributed by atoms with Crippen molar-refractivity contribution >= 4 is 29.1 Å². The molecular weight excluding hydrogens is 314 g/mol. The molecule has 120 valence electrons. The number of hydrogen-bond acceptors (Lipinski definition) is 5. The van der Waals surface area contributed by atoms with Crippen LogP contribution in [-0.4, -0.2) is 24.4 Å². The second-order valence-corrected chi connectivity index (χ2v) is 5.98. The van der Waals surface area contributed by atoms with E-state index in [0.717, 1.165) is 5.56 Å². The summed E-state index contributed by atoms with van der Waals surface area (Å²) >= 11 is 1.23. The molecule has 5 nitrogen and oxygen atoms in total. The molecule has 0 spiro atoms. The van der Waals surface area contributed by atoms with Crippen LogP contribution in [0.2, 0.25) is 0 Å². The average Bonchev–Trinajstić information content (AvgIpc) is 3.08. The second-order valence-electron chi connectivity index (χ2n) is 5.03. The van der Waals surface area contributed by atoms with Gasteiger partial charge in [-0.25, -0.2) is 0 Å². The molecule has 0 radical (unpaired) electrons. The van der Waals surface area contributed by atoms with E-state index in [1.165, 1.54) is 11.3 Å². The molecule has 0 aliphatic rings. The Morgan fingerprint density at radius 3 is 2.52 bits per heavy atom. The second kappa shape index (κ2) is 8.24. The third-order valence-corrected chi connectivity index (χ3v) is 4.07. The lowest BCUT2D eigenvalue weighted by molar-refractivity contribution is -0.148. The van der Waals surface area contributed by atoms with Crippen LogP contribution in [0.25, 0.3) is 0 Å². The quantitative estimate of drug-likeness (QED) is 0.826. The van der Waals surface area contributed by atoms with E-state index < -0.39 is 24.4 Å². The molecular formula is C17H17NO4S. The lowest BCUT2D eigenvalue weighted by Gasteiger charge is -2.11. The number of carbonyl (C=O) groups excluding carboxylic acids is 3. The van der Waals surface area contributed by atoms with Crippen molar-refractivity contribution in [1.29, 1.82) is 0 Å². The minimum atomic E-state index is -0.635. The summed E-state index contributed by atoms with van der Waals surface area (Å²) < 4.78 is 4.91. The van der Waals surface area contributed by atoms with Gasteiger partial charge in [-0.05, 0) is 22.9 Å². The van der Waals surface area contributed by atoms with Crippen LogP contribution < -0.4 is 5.32 Å². The molecule has 0 fully saturated rings. The van der Waals surface area contributed by atoms with Gasteiger partial charge in [0.05, 0.1) is 11.3 Å². The van der Waals surface area contributed by atoms with Crippen molar-refractivity contribution in [3.8, 4) is 0 Å². The number of amides is 2. The normalized spacial score (nSPS) is 11.5. The lowest BCUT2D eigenvalue weighted by Crippen LogP contribution is -2.33. The maximum absolute atomic E-state index is 11.8. The fourth-order valence-corrected chi connectivity index (χ4v) is 2.61. The highest BCUT2D eigenvalue weighted by Crippen LogP contribution is 2.18. The van der Waals surface area contributed by atoms with Gasteiger partial charge >= 0.3 is 5.97 Å². The molecule has 2 amide bonds. The monoisotopic (exact) mass is 331 g/mol. The number of nitrogens with one attached hydrogen (secondary N) is 1. The third kappa shape index (κ3) is 5.34. The van der Waals surface area contributed by atoms with Gasteiger partial charge in [0, 0.05) is 0 Å². The van der Waals surface area contributed by atoms with Crippen molar-refractivity contribution in [2.24, 2.45) is 0 Å². The Bertz CT molecular complexity index is 667. The molecule has 23 heavy (non-hydrogen) atoms. The van der Waals surface area contributed by atoms with Crippen LogP contribution in [0.15, 0.2) is 47.8 Å². The first-order valence-electron chi connectivity index (χ1n) is 7.14. The number of imide groups is 1. The van der Waals surface area contributed by atoms with Crippen LogP contribution in [0.5, 0.6) is 0 Å². The smallest absolute Gasteiger partial charge is 0.306 e. The summed E-state index contributed by atoms with van der Waals surface area (Å²) in [7, 11) is 0. The van der Waals surface area contributed by atoms with Crippen molar-refractivity contribution in [2.45, 2.75) is 19.3 Å². The Labute approximate surface area is 138 Å². The Hall–Kier alpha value is -2.47. The summed E-state index contributed by atoms with van der Waals surface area (Å²) in [6, 6.07) is 12.9. The summed E-state index contributed by atoms with van der Waals surface area (Å²) in [5, 5.41) is 3.92. The van der Waals surface area contributed by atoms with Gasteiger partial charge in [-0.15, -0.1) is 11.3 Å². The molecule has 1 heterocycles. The maximum Gasteiger partial charge on any atom is 0.306 e. The molecule has 0 aliphatic heterocycles. The van der Waals surface area contributed by atoms with Gasteiger partial charge in [0.15, 0.2) is 6.61 Å². The third-order valence-electron chi connectivity index (χ3n) is 3.20. The van der Waals surface area contributed by atoms with E-state index in [9.17, 15) is 14.4 Å². The molecule has 2 aromatic rings. The zero-order valence-corrected chi connectivity index (χ0v) is 13.5. The van der Waals surface area contributed by atoms with Gasteiger partial charge in [-0.3, -0.25) is 19.7 Å². The van der Waals surface area contributed by atoms with Gasteiger partial charge in [-0.2, -0.15) is 0 Å². The lowest BCUT2D eigenvalue weighted by atomic mass is 9.98. The highest BCUT2D eigenvalue weighted by atomic mass is 32.1. The number of esters is 1. The van der Waals surface area contributed by atoms with Crippen molar-refractivity contribution < 1.29 is 19.1 Å². The zero-order valence-electron chi connectivity index (χ0n) is 12.7. The average molecular weight is 331 g/mol. The molecule has 1 atom stereocenters. The number of ether oxygens (including phenoxy) is 1. The molecule has 1 aromatic carbocycles. The van der Waals surface area contributed by atoms with Crippen molar-refractivity contribution in [1.82, 2.24) is 5.32 Å². The molecule has 6 heteroatoms. The predicted molar refractivity (Wildman–Crippen MR) is 87.2 cm³/mol. The van der Waals surface area contributed by atoms with E-state index in [2.05, 4.69) is 5.32 Å². The van der Waals surface area contributed by atoms with Crippen molar-refractivity contribution in [3.63, 3.8) is 0 Å². The van der Waals surface area contributed by atoms with Gasteiger partial charge in [0.2, 0.25) is 0 Å². The molecule has 1 N–H and O–H groups in total. The summed E-state index contributed by atoms with van der Waals surface area (Å²) in [6.45, 7) is 1.45. The molecule has 0 unspecified atom stereocenters. The number of hydrogen-bond donors (Lipinski definition) is 1. The topological polar surface area (TPSA) is 72.5 Å². The standard InChI is InChI=1S/C17H17NO4S/c1-12(13-6-3-2-4-7-13)10-16(20)22-11-15(19)18-17(21)14-8-5-9-23-14/h2-9,12H,10-11H2,1H3,(H,18,19,21)/t12-/m1/s1. The Morgan fingerprint density at radius 2 is 1.87 bits per heavy atom. The van der Waals surface area contributed by atoms with Gasteiger partial charge in [-0.1, -0.05) is 43.3 Å². The molecule has 0 saturated carbocycles. The molecule has 0 saturated heterocycles. The minimum Gasteiger partial charge on any atom is -0.456 e. The van der Waals surface area contributed by atoms with Crippen molar-refractivity contribution in [2.75, 3.05) is 6.61 Å². The summed E-state index contributed by atoms with van der Waals surface area (Å²) in [4.78, 5) is 35.5. The summed E-state index contributed by atoms with van der Waals surface area (Å²) in [5.41, 5.74) is 1.03.